The molecule has 0 amide bonds. The van der Waals surface area contributed by atoms with Gasteiger partial charge in [-0.05, 0) is 36.1 Å². The summed E-state index contributed by atoms with van der Waals surface area (Å²) in [4.78, 5) is 15.9. The second-order valence-electron chi connectivity index (χ2n) is 6.61. The Labute approximate surface area is 139 Å². The Hall–Kier alpha value is -2.81. The molecule has 0 saturated heterocycles. The van der Waals surface area contributed by atoms with E-state index in [1.807, 2.05) is 43.5 Å². The van der Waals surface area contributed by atoms with Gasteiger partial charge in [-0.2, -0.15) is 0 Å². The Kier molecular flexibility index (Phi) is 3.31. The van der Waals surface area contributed by atoms with Crippen molar-refractivity contribution >= 4 is 21.9 Å². The minimum atomic E-state index is 0.00197. The van der Waals surface area contributed by atoms with Crippen LogP contribution in [0.2, 0.25) is 0 Å². The largest absolute Gasteiger partial charge is 0.455 e. The highest BCUT2D eigenvalue weighted by Gasteiger charge is 2.15. The monoisotopic (exact) mass is 317 g/mol. The molecule has 2 aromatic carbocycles. The van der Waals surface area contributed by atoms with E-state index in [9.17, 15) is 4.79 Å². The van der Waals surface area contributed by atoms with Crippen molar-refractivity contribution in [1.29, 1.82) is 0 Å². The zero-order chi connectivity index (χ0) is 16.8. The Morgan fingerprint density at radius 2 is 1.83 bits per heavy atom. The zero-order valence-corrected chi connectivity index (χ0v) is 14.0. The van der Waals surface area contributed by atoms with Crippen molar-refractivity contribution < 1.29 is 4.42 Å². The van der Waals surface area contributed by atoms with E-state index >= 15 is 0 Å². The number of benzene rings is 2. The van der Waals surface area contributed by atoms with Crippen LogP contribution in [-0.2, 0) is 0 Å². The van der Waals surface area contributed by atoms with E-state index < -0.39 is 0 Å². The summed E-state index contributed by atoms with van der Waals surface area (Å²) in [5.41, 5.74) is 4.80. The molecule has 0 aliphatic heterocycles. The fourth-order valence-electron chi connectivity index (χ4n) is 3.27. The Bertz CT molecular complexity index is 1120. The number of rotatable bonds is 2. The second-order valence-corrected chi connectivity index (χ2v) is 6.61. The van der Waals surface area contributed by atoms with E-state index in [4.69, 9.17) is 4.42 Å². The molecular weight excluding hydrogens is 298 g/mol. The molecule has 1 N–H and O–H groups in total. The van der Waals surface area contributed by atoms with Crippen LogP contribution < -0.4 is 5.43 Å². The van der Waals surface area contributed by atoms with E-state index in [1.165, 1.54) is 0 Å². The predicted molar refractivity (Wildman–Crippen MR) is 98.6 cm³/mol. The first-order chi connectivity index (χ1) is 11.5. The minimum Gasteiger partial charge on any atom is -0.455 e. The standard InChI is InChI=1S/C21H19NO2/c1-12(2)15-8-13(3)9-16-19(23)10-20(24-21(15)16)17-11-22-18-7-5-4-6-14(17)18/h4-12,22H,1-3H3. The summed E-state index contributed by atoms with van der Waals surface area (Å²) in [5, 5.41) is 1.71. The van der Waals surface area contributed by atoms with Crippen molar-refractivity contribution in [3.63, 3.8) is 0 Å². The van der Waals surface area contributed by atoms with Gasteiger partial charge >= 0.3 is 0 Å². The molecule has 3 heteroatoms. The molecule has 0 radical (unpaired) electrons. The summed E-state index contributed by atoms with van der Waals surface area (Å²) in [7, 11) is 0. The molecule has 120 valence electrons. The Morgan fingerprint density at radius 1 is 1.04 bits per heavy atom. The number of nitrogens with one attached hydrogen (secondary N) is 1. The fourth-order valence-corrected chi connectivity index (χ4v) is 3.27. The van der Waals surface area contributed by atoms with E-state index in [1.54, 1.807) is 6.07 Å². The summed E-state index contributed by atoms with van der Waals surface area (Å²) < 4.78 is 6.22. The molecular formula is C21H19NO2. The summed E-state index contributed by atoms with van der Waals surface area (Å²) in [6, 6.07) is 13.6. The number of hydrogen-bond acceptors (Lipinski definition) is 2. The third-order valence-corrected chi connectivity index (χ3v) is 4.48. The fraction of sp³-hybridized carbons (Fsp3) is 0.190. The maximum atomic E-state index is 12.7. The van der Waals surface area contributed by atoms with Gasteiger partial charge in [0.15, 0.2) is 5.43 Å². The third kappa shape index (κ3) is 2.24. The first kappa shape index (κ1) is 14.8. The topological polar surface area (TPSA) is 46.0 Å². The van der Waals surface area contributed by atoms with Gasteiger partial charge in [0, 0.05) is 28.7 Å². The van der Waals surface area contributed by atoms with Gasteiger partial charge in [-0.15, -0.1) is 0 Å². The van der Waals surface area contributed by atoms with Gasteiger partial charge in [0.05, 0.1) is 5.39 Å². The third-order valence-electron chi connectivity index (χ3n) is 4.48. The van der Waals surface area contributed by atoms with Crippen LogP contribution in [-0.4, -0.2) is 4.98 Å². The number of aryl methyl sites for hydroxylation is 1. The first-order valence-corrected chi connectivity index (χ1v) is 8.19. The van der Waals surface area contributed by atoms with Gasteiger partial charge in [-0.25, -0.2) is 0 Å². The molecule has 2 heterocycles. The molecule has 0 saturated carbocycles. The molecule has 4 aromatic rings. The SMILES string of the molecule is Cc1cc(C(C)C)c2oc(-c3c[nH]c4ccccc34)cc(=O)c2c1. The molecule has 0 aliphatic carbocycles. The molecule has 24 heavy (non-hydrogen) atoms. The summed E-state index contributed by atoms with van der Waals surface area (Å²) >= 11 is 0. The number of para-hydroxylation sites is 1. The lowest BCUT2D eigenvalue weighted by molar-refractivity contribution is 0.610. The lowest BCUT2D eigenvalue weighted by Crippen LogP contribution is -2.03. The number of aromatic amines is 1. The number of aromatic nitrogens is 1. The highest BCUT2D eigenvalue weighted by atomic mass is 16.3. The van der Waals surface area contributed by atoms with E-state index in [0.717, 1.165) is 27.6 Å². The highest BCUT2D eigenvalue weighted by molar-refractivity contribution is 5.95. The van der Waals surface area contributed by atoms with Crippen molar-refractivity contribution in [2.24, 2.45) is 0 Å². The van der Waals surface area contributed by atoms with Gasteiger partial charge in [-0.1, -0.05) is 38.1 Å². The molecule has 0 spiro atoms. The second kappa shape index (κ2) is 5.38. The zero-order valence-electron chi connectivity index (χ0n) is 14.0. The van der Waals surface area contributed by atoms with Crippen LogP contribution in [0.25, 0.3) is 33.2 Å². The van der Waals surface area contributed by atoms with Crippen LogP contribution in [0, 0.1) is 6.92 Å². The van der Waals surface area contributed by atoms with E-state index in [-0.39, 0.29) is 11.3 Å². The van der Waals surface area contributed by atoms with Gasteiger partial charge in [0.2, 0.25) is 0 Å². The minimum absolute atomic E-state index is 0.00197. The molecule has 2 aromatic heterocycles. The number of fused-ring (bicyclic) bond motifs is 2. The molecule has 0 aliphatic rings. The van der Waals surface area contributed by atoms with Crippen molar-refractivity contribution in [2.45, 2.75) is 26.7 Å². The normalized spacial score (nSPS) is 11.7. The van der Waals surface area contributed by atoms with Crippen LogP contribution >= 0.6 is 0 Å². The quantitative estimate of drug-likeness (QED) is 0.540. The van der Waals surface area contributed by atoms with Crippen molar-refractivity contribution in [3.8, 4) is 11.3 Å². The van der Waals surface area contributed by atoms with Crippen LogP contribution in [0.15, 0.2) is 57.9 Å². The molecule has 4 rings (SSSR count). The van der Waals surface area contributed by atoms with Crippen molar-refractivity contribution in [1.82, 2.24) is 4.98 Å². The molecule has 3 nitrogen and oxygen atoms in total. The predicted octanol–water partition coefficient (Wildman–Crippen LogP) is 5.37. The Balaban J connectivity index is 2.06. The number of hydrogen-bond donors (Lipinski definition) is 1. The van der Waals surface area contributed by atoms with Gasteiger partial charge in [0.25, 0.3) is 0 Å². The Morgan fingerprint density at radius 3 is 2.62 bits per heavy atom. The maximum absolute atomic E-state index is 12.7. The maximum Gasteiger partial charge on any atom is 0.193 e. The molecule has 0 atom stereocenters. The average Bonchev–Trinajstić information content (AvgIpc) is 2.98. The van der Waals surface area contributed by atoms with Crippen LogP contribution in [0.1, 0.15) is 30.9 Å². The van der Waals surface area contributed by atoms with Gasteiger partial charge in [0.1, 0.15) is 11.3 Å². The lowest BCUT2D eigenvalue weighted by atomic mass is 9.97. The van der Waals surface area contributed by atoms with Crippen LogP contribution in [0.5, 0.6) is 0 Å². The lowest BCUT2D eigenvalue weighted by Gasteiger charge is -2.11. The summed E-state index contributed by atoms with van der Waals surface area (Å²) in [5.74, 6) is 0.893. The molecule has 0 bridgehead atoms. The number of H-pyrrole nitrogens is 1. The summed E-state index contributed by atoms with van der Waals surface area (Å²) in [6.45, 7) is 6.25. The van der Waals surface area contributed by atoms with Crippen LogP contribution in [0.3, 0.4) is 0 Å². The molecule has 0 unspecified atom stereocenters. The average molecular weight is 317 g/mol. The first-order valence-electron chi connectivity index (χ1n) is 8.19. The van der Waals surface area contributed by atoms with Crippen LogP contribution in [0.4, 0.5) is 0 Å². The summed E-state index contributed by atoms with van der Waals surface area (Å²) in [6.07, 6.45) is 1.90. The van der Waals surface area contributed by atoms with Gasteiger partial charge < -0.3 is 9.40 Å². The van der Waals surface area contributed by atoms with E-state index in [2.05, 4.69) is 24.9 Å². The molecule has 0 fully saturated rings. The highest BCUT2D eigenvalue weighted by Crippen LogP contribution is 2.32. The smallest absolute Gasteiger partial charge is 0.193 e. The van der Waals surface area contributed by atoms with Crippen molar-refractivity contribution in [3.05, 3.63) is 70.0 Å². The van der Waals surface area contributed by atoms with E-state index in [0.29, 0.717) is 16.7 Å². The van der Waals surface area contributed by atoms with Crippen molar-refractivity contribution in [2.75, 3.05) is 0 Å². The van der Waals surface area contributed by atoms with Gasteiger partial charge in [-0.3, -0.25) is 4.79 Å².